The number of nitro groups is 1. The summed E-state index contributed by atoms with van der Waals surface area (Å²) in [6.45, 7) is 0. The number of amides is 2. The Hall–Kier alpha value is -3.75. The smallest absolute Gasteiger partial charge is 0.273 e. The van der Waals surface area contributed by atoms with E-state index in [2.05, 4.69) is 17.3 Å². The average molecular weight is 433 g/mol. The van der Waals surface area contributed by atoms with Crippen LogP contribution in [0.15, 0.2) is 52.0 Å². The molecule has 1 aliphatic heterocycles. The van der Waals surface area contributed by atoms with Crippen LogP contribution in [0.4, 0.5) is 5.69 Å². The second-order valence-electron chi connectivity index (χ2n) is 8.80. The van der Waals surface area contributed by atoms with E-state index in [0.29, 0.717) is 22.8 Å². The predicted octanol–water partition coefficient (Wildman–Crippen LogP) is 3.39. The number of allylic oxidation sites excluding steroid dienone is 2. The molecule has 4 atom stereocenters. The van der Waals surface area contributed by atoms with Crippen LogP contribution in [0, 0.1) is 39.2 Å². The molecule has 0 radical (unpaired) electrons. The lowest BCUT2D eigenvalue weighted by atomic mass is 9.85. The van der Waals surface area contributed by atoms with Gasteiger partial charge < -0.3 is 9.15 Å². The molecule has 1 spiro atoms. The Kier molecular flexibility index (Phi) is 3.78. The number of nitro benzene ring substituents is 1. The first kappa shape index (κ1) is 19.0. The molecule has 2 aromatic rings. The topological polar surface area (TPSA) is 115 Å². The lowest BCUT2D eigenvalue weighted by Gasteiger charge is -2.18. The van der Waals surface area contributed by atoms with E-state index in [4.69, 9.17) is 9.15 Å². The van der Waals surface area contributed by atoms with Gasteiger partial charge >= 0.3 is 0 Å². The minimum atomic E-state index is -0.501. The summed E-state index contributed by atoms with van der Waals surface area (Å²) in [4.78, 5) is 36.4. The average Bonchev–Trinajstić information content (AvgIpc) is 3.08. The number of hydrogen-bond acceptors (Lipinski definition) is 7. The zero-order chi connectivity index (χ0) is 22.2. The number of imide groups is 1. The van der Waals surface area contributed by atoms with E-state index in [1.54, 1.807) is 18.2 Å². The van der Waals surface area contributed by atoms with E-state index in [1.807, 2.05) is 0 Å². The molecule has 1 aromatic heterocycles. The number of hydrazone groups is 1. The van der Waals surface area contributed by atoms with Gasteiger partial charge in [0, 0.05) is 6.07 Å². The van der Waals surface area contributed by atoms with Crippen LogP contribution in [0.2, 0.25) is 0 Å². The van der Waals surface area contributed by atoms with E-state index in [1.165, 1.54) is 25.5 Å². The molecule has 2 saturated carbocycles. The highest BCUT2D eigenvalue weighted by Crippen LogP contribution is 2.73. The first-order valence-electron chi connectivity index (χ1n) is 10.5. The van der Waals surface area contributed by atoms with Crippen molar-refractivity contribution in [2.24, 2.45) is 34.2 Å². The van der Waals surface area contributed by atoms with Gasteiger partial charge in [-0.2, -0.15) is 10.1 Å². The molecular formula is C23H19N3O6. The van der Waals surface area contributed by atoms with Gasteiger partial charge in [-0.3, -0.25) is 19.7 Å². The second-order valence-corrected chi connectivity index (χ2v) is 8.80. The number of benzene rings is 1. The van der Waals surface area contributed by atoms with Crippen LogP contribution in [0.3, 0.4) is 0 Å². The summed E-state index contributed by atoms with van der Waals surface area (Å²) < 4.78 is 11.0. The maximum absolute atomic E-state index is 13.0. The van der Waals surface area contributed by atoms with Crippen molar-refractivity contribution >= 4 is 23.7 Å². The number of ether oxygens (including phenoxy) is 1. The molecule has 6 rings (SSSR count). The number of carbonyl (C=O) groups excluding carboxylic acids is 2. The summed E-state index contributed by atoms with van der Waals surface area (Å²) >= 11 is 0. The molecule has 1 saturated heterocycles. The molecule has 1 aromatic carbocycles. The molecule has 2 bridgehead atoms. The fourth-order valence-electron chi connectivity index (χ4n) is 5.86. The van der Waals surface area contributed by atoms with Gasteiger partial charge in [0.25, 0.3) is 17.5 Å². The van der Waals surface area contributed by atoms with Crippen LogP contribution < -0.4 is 4.74 Å². The SMILES string of the molecule is COc1cc([N+](=O)[O-])ccc1-c1ccc(/C=N\N2C(=O)[C@@H]3[C@@H](C2=O)[C@H]2C=C[C@H]3C23CC3)o1. The molecule has 0 unspecified atom stereocenters. The summed E-state index contributed by atoms with van der Waals surface area (Å²) in [5.74, 6) is 0.309. The first-order chi connectivity index (χ1) is 15.4. The molecule has 162 valence electrons. The van der Waals surface area contributed by atoms with Gasteiger partial charge in [-0.05, 0) is 48.3 Å². The van der Waals surface area contributed by atoms with E-state index < -0.39 is 4.92 Å². The number of nitrogens with zero attached hydrogens (tertiary/aromatic N) is 3. The zero-order valence-corrected chi connectivity index (χ0v) is 17.1. The van der Waals surface area contributed by atoms with Crippen molar-refractivity contribution in [1.29, 1.82) is 0 Å². The number of fused-ring (bicyclic) bond motifs is 3. The highest BCUT2D eigenvalue weighted by atomic mass is 16.6. The standard InChI is InChI=1S/C23H19N3O6/c1-31-18-10-12(26(29)30)2-4-14(18)17-7-3-13(32-17)11-24-25-21(27)19-15-5-6-16(20(19)22(25)28)23(15)8-9-23/h2-7,10-11,15-16,19-20H,8-9H2,1H3/b24-11-/t15-,16-,19+,20+/m1/s1. The summed E-state index contributed by atoms with van der Waals surface area (Å²) in [6, 6.07) is 7.55. The van der Waals surface area contributed by atoms with E-state index in [9.17, 15) is 19.7 Å². The zero-order valence-electron chi connectivity index (χ0n) is 17.1. The number of rotatable bonds is 5. The van der Waals surface area contributed by atoms with Gasteiger partial charge in [-0.25, -0.2) is 0 Å². The van der Waals surface area contributed by atoms with Crippen LogP contribution in [-0.4, -0.2) is 35.1 Å². The maximum Gasteiger partial charge on any atom is 0.273 e. The Bertz CT molecular complexity index is 1210. The molecule has 2 amide bonds. The van der Waals surface area contributed by atoms with Crippen molar-refractivity contribution in [2.45, 2.75) is 12.8 Å². The Labute approximate surface area is 182 Å². The van der Waals surface area contributed by atoms with Crippen molar-refractivity contribution in [3.05, 3.63) is 58.4 Å². The third-order valence-electron chi connectivity index (χ3n) is 7.42. The quantitative estimate of drug-likeness (QED) is 0.235. The van der Waals surface area contributed by atoms with Crippen molar-refractivity contribution in [3.63, 3.8) is 0 Å². The maximum atomic E-state index is 13.0. The van der Waals surface area contributed by atoms with Crippen molar-refractivity contribution in [3.8, 4) is 17.1 Å². The molecule has 9 heteroatoms. The van der Waals surface area contributed by atoms with Gasteiger partial charge in [0.05, 0.1) is 41.7 Å². The Morgan fingerprint density at radius 3 is 2.44 bits per heavy atom. The van der Waals surface area contributed by atoms with Gasteiger partial charge in [-0.1, -0.05) is 12.2 Å². The highest BCUT2D eigenvalue weighted by molar-refractivity contribution is 6.07. The third-order valence-corrected chi connectivity index (χ3v) is 7.42. The van der Waals surface area contributed by atoms with Gasteiger partial charge in [0.15, 0.2) is 0 Å². The Morgan fingerprint density at radius 2 is 1.84 bits per heavy atom. The molecule has 3 fully saturated rings. The third kappa shape index (κ3) is 2.41. The first-order valence-corrected chi connectivity index (χ1v) is 10.5. The monoisotopic (exact) mass is 433 g/mol. The van der Waals surface area contributed by atoms with Gasteiger partial charge in [0.2, 0.25) is 0 Å². The highest BCUT2D eigenvalue weighted by Gasteiger charge is 2.73. The molecule has 0 N–H and O–H groups in total. The van der Waals surface area contributed by atoms with E-state index >= 15 is 0 Å². The lowest BCUT2D eigenvalue weighted by molar-refractivity contribution is -0.384. The number of carbonyl (C=O) groups is 2. The fourth-order valence-corrected chi connectivity index (χ4v) is 5.86. The Balaban J connectivity index is 1.23. The molecule has 4 aliphatic rings. The number of hydrogen-bond donors (Lipinski definition) is 0. The van der Waals surface area contributed by atoms with Crippen molar-refractivity contribution in [1.82, 2.24) is 5.01 Å². The van der Waals surface area contributed by atoms with Crippen LogP contribution in [-0.2, 0) is 9.59 Å². The van der Waals surface area contributed by atoms with E-state index in [-0.39, 0.29) is 46.6 Å². The minimum Gasteiger partial charge on any atom is -0.496 e. The number of methoxy groups -OCH3 is 1. The van der Waals surface area contributed by atoms with Crippen LogP contribution in [0.25, 0.3) is 11.3 Å². The number of non-ortho nitro benzene ring substituents is 1. The predicted molar refractivity (Wildman–Crippen MR) is 112 cm³/mol. The second kappa shape index (κ2) is 6.38. The number of furan rings is 1. The molecule has 9 nitrogen and oxygen atoms in total. The van der Waals surface area contributed by atoms with Gasteiger partial charge in [-0.15, -0.1) is 0 Å². The summed E-state index contributed by atoms with van der Waals surface area (Å²) in [6.07, 6.45) is 7.77. The summed E-state index contributed by atoms with van der Waals surface area (Å²) in [5, 5.41) is 16.1. The molecule has 3 aliphatic carbocycles. The van der Waals surface area contributed by atoms with Crippen molar-refractivity contribution in [2.75, 3.05) is 7.11 Å². The van der Waals surface area contributed by atoms with Crippen LogP contribution >= 0.6 is 0 Å². The van der Waals surface area contributed by atoms with Crippen LogP contribution in [0.1, 0.15) is 18.6 Å². The normalized spacial score (nSPS) is 28.8. The Morgan fingerprint density at radius 1 is 1.16 bits per heavy atom. The molecule has 2 heterocycles. The largest absolute Gasteiger partial charge is 0.496 e. The van der Waals surface area contributed by atoms with E-state index in [0.717, 1.165) is 17.9 Å². The minimum absolute atomic E-state index is 0.0908. The van der Waals surface area contributed by atoms with Crippen LogP contribution in [0.5, 0.6) is 5.75 Å². The summed E-state index contributed by atoms with van der Waals surface area (Å²) in [5.41, 5.74) is 0.598. The molecule has 32 heavy (non-hydrogen) atoms. The fraction of sp³-hybridized carbons (Fsp3) is 0.348. The van der Waals surface area contributed by atoms with Crippen molar-refractivity contribution < 1.29 is 23.7 Å². The lowest BCUT2D eigenvalue weighted by Crippen LogP contribution is -2.30. The molecular weight excluding hydrogens is 414 g/mol. The van der Waals surface area contributed by atoms with Gasteiger partial charge in [0.1, 0.15) is 17.3 Å². The summed E-state index contributed by atoms with van der Waals surface area (Å²) in [7, 11) is 1.42.